The van der Waals surface area contributed by atoms with Crippen LogP contribution in [0.1, 0.15) is 32.6 Å². The van der Waals surface area contributed by atoms with Crippen LogP contribution in [0.3, 0.4) is 0 Å². The van der Waals surface area contributed by atoms with Gasteiger partial charge in [0.2, 0.25) is 0 Å². The molecule has 0 unspecified atom stereocenters. The molecule has 0 radical (unpaired) electrons. The van der Waals surface area contributed by atoms with Crippen molar-refractivity contribution in [2.24, 2.45) is 0 Å². The van der Waals surface area contributed by atoms with E-state index in [1.54, 1.807) is 8.61 Å². The zero-order valence-corrected chi connectivity index (χ0v) is 11.3. The van der Waals surface area contributed by atoms with Crippen molar-refractivity contribution in [3.8, 4) is 0 Å². The van der Waals surface area contributed by atoms with Crippen molar-refractivity contribution in [2.75, 3.05) is 32.8 Å². The fraction of sp³-hybridized carbons (Fsp3) is 1.00. The predicted molar refractivity (Wildman–Crippen MR) is 65.9 cm³/mol. The van der Waals surface area contributed by atoms with E-state index in [0.717, 1.165) is 25.7 Å². The summed E-state index contributed by atoms with van der Waals surface area (Å²) in [6, 6.07) is 0.191. The summed E-state index contributed by atoms with van der Waals surface area (Å²) in [5, 5.41) is 0. The molecule has 0 bridgehead atoms. The Labute approximate surface area is 104 Å². The molecule has 2 fully saturated rings. The van der Waals surface area contributed by atoms with Crippen molar-refractivity contribution in [1.29, 1.82) is 0 Å². The fourth-order valence-electron chi connectivity index (χ4n) is 2.61. The van der Waals surface area contributed by atoms with Crippen LogP contribution in [0.15, 0.2) is 0 Å². The summed E-state index contributed by atoms with van der Waals surface area (Å²) in [7, 11) is -3.26. The predicted octanol–water partition coefficient (Wildman–Crippen LogP) is 0.828. The van der Waals surface area contributed by atoms with Gasteiger partial charge in [0.05, 0.1) is 13.2 Å². The van der Waals surface area contributed by atoms with Gasteiger partial charge in [-0.2, -0.15) is 17.0 Å². The molecule has 17 heavy (non-hydrogen) atoms. The first-order chi connectivity index (χ1) is 8.16. The van der Waals surface area contributed by atoms with Gasteiger partial charge < -0.3 is 4.74 Å². The smallest absolute Gasteiger partial charge is 0.282 e. The van der Waals surface area contributed by atoms with Crippen molar-refractivity contribution in [2.45, 2.75) is 38.6 Å². The van der Waals surface area contributed by atoms with Crippen molar-refractivity contribution >= 4 is 10.2 Å². The number of hydrogen-bond acceptors (Lipinski definition) is 3. The molecule has 1 atom stereocenters. The largest absolute Gasteiger partial charge is 0.379 e. The number of nitrogens with zero attached hydrogens (tertiary/aromatic N) is 2. The zero-order valence-electron chi connectivity index (χ0n) is 10.5. The van der Waals surface area contributed by atoms with Crippen molar-refractivity contribution in [3.63, 3.8) is 0 Å². The Bertz CT molecular complexity index is 339. The number of morpholine rings is 1. The van der Waals surface area contributed by atoms with E-state index in [4.69, 9.17) is 4.74 Å². The third-order valence-corrected chi connectivity index (χ3v) is 5.73. The molecule has 0 N–H and O–H groups in total. The van der Waals surface area contributed by atoms with Crippen molar-refractivity contribution in [3.05, 3.63) is 0 Å². The first-order valence-electron chi connectivity index (χ1n) is 6.51. The normalized spacial score (nSPS) is 29.4. The number of ether oxygens (including phenoxy) is 1. The lowest BCUT2D eigenvalue weighted by atomic mass is 10.0. The van der Waals surface area contributed by atoms with E-state index in [0.29, 0.717) is 32.8 Å². The van der Waals surface area contributed by atoms with Gasteiger partial charge in [0, 0.05) is 25.7 Å². The molecule has 2 aliphatic heterocycles. The highest BCUT2D eigenvalue weighted by Gasteiger charge is 2.36. The average molecular weight is 262 g/mol. The minimum atomic E-state index is -3.26. The lowest BCUT2D eigenvalue weighted by Gasteiger charge is -2.38. The second-order valence-electron chi connectivity index (χ2n) is 4.69. The van der Waals surface area contributed by atoms with Crippen LogP contribution in [-0.4, -0.2) is 55.9 Å². The summed E-state index contributed by atoms with van der Waals surface area (Å²) in [6.45, 7) is 4.77. The highest BCUT2D eigenvalue weighted by atomic mass is 32.2. The summed E-state index contributed by atoms with van der Waals surface area (Å²) in [5.41, 5.74) is 0. The van der Waals surface area contributed by atoms with Crippen LogP contribution in [0.4, 0.5) is 0 Å². The Morgan fingerprint density at radius 2 is 1.88 bits per heavy atom. The summed E-state index contributed by atoms with van der Waals surface area (Å²) in [5.74, 6) is 0. The first kappa shape index (κ1) is 13.3. The lowest BCUT2D eigenvalue weighted by molar-refractivity contribution is 0.0681. The monoisotopic (exact) mass is 262 g/mol. The van der Waals surface area contributed by atoms with Crippen molar-refractivity contribution in [1.82, 2.24) is 8.61 Å². The summed E-state index contributed by atoms with van der Waals surface area (Å²) >= 11 is 0. The second kappa shape index (κ2) is 5.65. The van der Waals surface area contributed by atoms with Gasteiger partial charge in [-0.25, -0.2) is 0 Å². The van der Waals surface area contributed by atoms with Gasteiger partial charge in [-0.1, -0.05) is 13.3 Å². The Kier molecular flexibility index (Phi) is 4.41. The highest BCUT2D eigenvalue weighted by molar-refractivity contribution is 7.86. The van der Waals surface area contributed by atoms with Gasteiger partial charge >= 0.3 is 0 Å². The summed E-state index contributed by atoms with van der Waals surface area (Å²) in [6.07, 6.45) is 4.04. The minimum absolute atomic E-state index is 0.191. The minimum Gasteiger partial charge on any atom is -0.379 e. The number of hydrogen-bond donors (Lipinski definition) is 0. The Morgan fingerprint density at radius 3 is 2.53 bits per heavy atom. The lowest BCUT2D eigenvalue weighted by Crippen LogP contribution is -2.53. The molecule has 0 aromatic rings. The van der Waals surface area contributed by atoms with E-state index in [1.165, 1.54) is 0 Å². The van der Waals surface area contributed by atoms with Crippen LogP contribution in [0.5, 0.6) is 0 Å². The van der Waals surface area contributed by atoms with E-state index in [9.17, 15) is 8.42 Å². The van der Waals surface area contributed by atoms with Gasteiger partial charge in [-0.15, -0.1) is 0 Å². The Balaban J connectivity index is 2.11. The standard InChI is InChI=1S/C11H22N2O3S/c1-2-11-5-3-4-6-13(11)17(14,15)12-7-9-16-10-8-12/h11H,2-10H2,1H3/t11-/m0/s1. The molecule has 2 heterocycles. The van der Waals surface area contributed by atoms with E-state index in [-0.39, 0.29) is 6.04 Å². The van der Waals surface area contributed by atoms with Crippen LogP contribution in [0.2, 0.25) is 0 Å². The summed E-state index contributed by atoms with van der Waals surface area (Å²) < 4.78 is 33.5. The summed E-state index contributed by atoms with van der Waals surface area (Å²) in [4.78, 5) is 0. The van der Waals surface area contributed by atoms with Crippen LogP contribution in [0.25, 0.3) is 0 Å². The molecule has 2 rings (SSSR count). The SMILES string of the molecule is CC[C@H]1CCCCN1S(=O)(=O)N1CCOCC1. The third kappa shape index (κ3) is 2.81. The van der Waals surface area contributed by atoms with E-state index in [1.807, 2.05) is 0 Å². The topological polar surface area (TPSA) is 49.9 Å². The molecule has 0 aliphatic carbocycles. The Hall–Kier alpha value is -0.170. The van der Waals surface area contributed by atoms with Gasteiger partial charge in [-0.3, -0.25) is 0 Å². The van der Waals surface area contributed by atoms with Gasteiger partial charge in [0.25, 0.3) is 10.2 Å². The van der Waals surface area contributed by atoms with Crippen molar-refractivity contribution < 1.29 is 13.2 Å². The zero-order chi connectivity index (χ0) is 12.3. The second-order valence-corrected chi connectivity index (χ2v) is 6.57. The molecule has 0 aromatic heterocycles. The maximum atomic E-state index is 12.5. The maximum Gasteiger partial charge on any atom is 0.282 e. The molecule has 2 saturated heterocycles. The fourth-order valence-corrected chi connectivity index (χ4v) is 4.51. The van der Waals surface area contributed by atoms with Crippen LogP contribution >= 0.6 is 0 Å². The quantitative estimate of drug-likeness (QED) is 0.757. The molecule has 0 aromatic carbocycles. The molecule has 2 aliphatic rings. The Morgan fingerprint density at radius 1 is 1.18 bits per heavy atom. The molecule has 5 nitrogen and oxygen atoms in total. The maximum absolute atomic E-state index is 12.5. The molecule has 0 amide bonds. The average Bonchev–Trinajstić information content (AvgIpc) is 2.39. The molecule has 0 saturated carbocycles. The molecule has 0 spiro atoms. The molecule has 100 valence electrons. The van der Waals surface area contributed by atoms with Crippen LogP contribution in [0, 0.1) is 0 Å². The number of piperidine rings is 1. The van der Waals surface area contributed by atoms with E-state index >= 15 is 0 Å². The van der Waals surface area contributed by atoms with Crippen LogP contribution in [-0.2, 0) is 14.9 Å². The molecular formula is C11H22N2O3S. The van der Waals surface area contributed by atoms with Gasteiger partial charge in [-0.05, 0) is 19.3 Å². The van der Waals surface area contributed by atoms with E-state index in [2.05, 4.69) is 6.92 Å². The molecular weight excluding hydrogens is 240 g/mol. The highest BCUT2D eigenvalue weighted by Crippen LogP contribution is 2.24. The molecule has 6 heteroatoms. The first-order valence-corrected chi connectivity index (χ1v) is 7.90. The third-order valence-electron chi connectivity index (χ3n) is 3.64. The van der Waals surface area contributed by atoms with Gasteiger partial charge in [0.1, 0.15) is 0 Å². The van der Waals surface area contributed by atoms with Gasteiger partial charge in [0.15, 0.2) is 0 Å². The number of rotatable bonds is 3. The van der Waals surface area contributed by atoms with Crippen LogP contribution < -0.4 is 0 Å². The van der Waals surface area contributed by atoms with E-state index < -0.39 is 10.2 Å².